The second-order valence-electron chi connectivity index (χ2n) is 18.6. The zero-order valence-corrected chi connectivity index (χ0v) is 42.0. The molecule has 0 saturated carbocycles. The number of hydrogen-bond acceptors (Lipinski definition) is 4. The Labute approximate surface area is 446 Å². The van der Waals surface area contributed by atoms with E-state index in [1.807, 2.05) is 0 Å². The molecule has 0 spiro atoms. The summed E-state index contributed by atoms with van der Waals surface area (Å²) in [6.07, 6.45) is 0. The zero-order chi connectivity index (χ0) is 50.9. The van der Waals surface area contributed by atoms with Crippen LogP contribution in [0.4, 0.5) is 68.2 Å². The molecule has 0 amide bonds. The Balaban J connectivity index is 0.851. The van der Waals surface area contributed by atoms with E-state index in [4.69, 9.17) is 0 Å². The molecule has 0 fully saturated rings. The summed E-state index contributed by atoms with van der Waals surface area (Å²) in [5, 5.41) is 0. The van der Waals surface area contributed by atoms with Gasteiger partial charge in [0.05, 0.1) is 0 Å². The second-order valence-corrected chi connectivity index (χ2v) is 18.6. The number of hydrogen-bond donors (Lipinski definition) is 0. The summed E-state index contributed by atoms with van der Waals surface area (Å²) in [7, 11) is 0. The van der Waals surface area contributed by atoms with Crippen molar-refractivity contribution in [3.05, 3.63) is 328 Å². The van der Waals surface area contributed by atoms with Crippen molar-refractivity contribution < 1.29 is 0 Å². The molecule has 0 radical (unpaired) electrons. The van der Waals surface area contributed by atoms with Crippen molar-refractivity contribution in [2.45, 2.75) is 0 Å². The predicted octanol–water partition coefficient (Wildman–Crippen LogP) is 20.6. The van der Waals surface area contributed by atoms with Crippen LogP contribution in [-0.4, -0.2) is 0 Å². The molecule has 0 aliphatic rings. The van der Waals surface area contributed by atoms with Crippen molar-refractivity contribution in [1.82, 2.24) is 0 Å². The third-order valence-electron chi connectivity index (χ3n) is 13.8. The lowest BCUT2D eigenvalue weighted by molar-refractivity contribution is 1.25. The van der Waals surface area contributed by atoms with Gasteiger partial charge in [0.2, 0.25) is 0 Å². The lowest BCUT2D eigenvalue weighted by Gasteiger charge is -2.28. The summed E-state index contributed by atoms with van der Waals surface area (Å²) in [6, 6.07) is 117. The van der Waals surface area contributed by atoms with Crippen molar-refractivity contribution in [3.8, 4) is 33.4 Å². The van der Waals surface area contributed by atoms with Crippen LogP contribution in [0.15, 0.2) is 328 Å². The normalized spacial score (nSPS) is 10.9. The summed E-state index contributed by atoms with van der Waals surface area (Å²) < 4.78 is 0. The zero-order valence-electron chi connectivity index (χ0n) is 42.0. The molecule has 0 saturated heterocycles. The molecule has 12 rings (SSSR count). The van der Waals surface area contributed by atoms with Crippen molar-refractivity contribution in [2.75, 3.05) is 19.6 Å². The number of anilines is 12. The minimum atomic E-state index is 1.06. The average Bonchev–Trinajstić information content (AvgIpc) is 3.52. The molecule has 0 aliphatic heterocycles. The van der Waals surface area contributed by atoms with Crippen LogP contribution in [0, 0.1) is 0 Å². The molecule has 0 bridgehead atoms. The molecule has 0 unspecified atom stereocenters. The summed E-state index contributed by atoms with van der Waals surface area (Å²) >= 11 is 0. The first-order valence-electron chi connectivity index (χ1n) is 25.8. The Kier molecular flexibility index (Phi) is 13.5. The molecular weight excluding hydrogens is 921 g/mol. The third kappa shape index (κ3) is 10.1. The highest BCUT2D eigenvalue weighted by Crippen LogP contribution is 2.42. The van der Waals surface area contributed by atoms with E-state index in [1.165, 1.54) is 22.3 Å². The van der Waals surface area contributed by atoms with Crippen molar-refractivity contribution in [3.63, 3.8) is 0 Å². The lowest BCUT2D eigenvalue weighted by atomic mass is 10.00. The molecule has 12 aromatic carbocycles. The number of rotatable bonds is 15. The van der Waals surface area contributed by atoms with Crippen molar-refractivity contribution in [2.24, 2.45) is 0 Å². The molecule has 4 nitrogen and oxygen atoms in total. The van der Waals surface area contributed by atoms with Gasteiger partial charge in [-0.3, -0.25) is 0 Å². The van der Waals surface area contributed by atoms with E-state index >= 15 is 0 Å². The highest BCUT2D eigenvalue weighted by Gasteiger charge is 2.19. The fourth-order valence-electron chi connectivity index (χ4n) is 10.1. The van der Waals surface area contributed by atoms with Crippen LogP contribution >= 0.6 is 0 Å². The maximum Gasteiger partial charge on any atom is 0.0463 e. The minimum Gasteiger partial charge on any atom is -0.311 e. The minimum absolute atomic E-state index is 1.06. The van der Waals surface area contributed by atoms with Crippen LogP contribution in [0.5, 0.6) is 0 Å². The number of benzene rings is 12. The largest absolute Gasteiger partial charge is 0.311 e. The van der Waals surface area contributed by atoms with Gasteiger partial charge >= 0.3 is 0 Å². The maximum absolute atomic E-state index is 2.34. The van der Waals surface area contributed by atoms with Gasteiger partial charge in [0.15, 0.2) is 0 Å². The van der Waals surface area contributed by atoms with Crippen molar-refractivity contribution in [1.29, 1.82) is 0 Å². The first-order chi connectivity index (χ1) is 37.7. The van der Waals surface area contributed by atoms with E-state index in [-0.39, 0.29) is 0 Å². The van der Waals surface area contributed by atoms with E-state index in [1.54, 1.807) is 0 Å². The average molecular weight is 975 g/mol. The lowest BCUT2D eigenvalue weighted by Crippen LogP contribution is -2.12. The van der Waals surface area contributed by atoms with E-state index in [9.17, 15) is 0 Å². The van der Waals surface area contributed by atoms with E-state index in [0.29, 0.717) is 0 Å². The molecule has 0 N–H and O–H groups in total. The Morgan fingerprint density at radius 3 is 0.408 bits per heavy atom. The summed E-state index contributed by atoms with van der Waals surface area (Å²) in [4.78, 5) is 9.25. The molecule has 362 valence electrons. The van der Waals surface area contributed by atoms with Crippen LogP contribution in [-0.2, 0) is 0 Å². The van der Waals surface area contributed by atoms with E-state index in [0.717, 1.165) is 79.4 Å². The topological polar surface area (TPSA) is 13.0 Å². The summed E-state index contributed by atoms with van der Waals surface area (Å²) in [5.41, 5.74) is 20.1. The standard InChI is InChI=1S/C72H54N4/c1-7-19-55(20-8-1)56-31-33-57(34-32-56)58-35-43-67(44-36-58)76(72-53-49-70(50-54-72)74(63-25-13-4-14-26-63)64-27-15-5-16-28-64)68-45-39-60(40-46-68)59-37-41-66(42-38-59)75(65-29-17-6-18-30-65)71-51-47-69(48-52-71)73(61-21-9-2-10-22-61)62-23-11-3-12-24-62/h1-54H. The van der Waals surface area contributed by atoms with Gasteiger partial charge in [-0.25, -0.2) is 0 Å². The van der Waals surface area contributed by atoms with Crippen LogP contribution in [0.25, 0.3) is 33.4 Å². The Morgan fingerprint density at radius 1 is 0.105 bits per heavy atom. The predicted molar refractivity (Wildman–Crippen MR) is 321 cm³/mol. The number of nitrogens with zero attached hydrogens (tertiary/aromatic N) is 4. The Hall–Kier alpha value is -10.2. The highest BCUT2D eigenvalue weighted by atomic mass is 15.2. The molecule has 76 heavy (non-hydrogen) atoms. The fraction of sp³-hybridized carbons (Fsp3) is 0. The smallest absolute Gasteiger partial charge is 0.0463 e. The van der Waals surface area contributed by atoms with E-state index < -0.39 is 0 Å². The van der Waals surface area contributed by atoms with E-state index in [2.05, 4.69) is 347 Å². The van der Waals surface area contributed by atoms with Gasteiger partial charge in [0.25, 0.3) is 0 Å². The van der Waals surface area contributed by atoms with Gasteiger partial charge in [-0.05, 0) is 179 Å². The van der Waals surface area contributed by atoms with Gasteiger partial charge in [-0.1, -0.05) is 182 Å². The van der Waals surface area contributed by atoms with Gasteiger partial charge in [0, 0.05) is 68.2 Å². The molecule has 12 aromatic rings. The second kappa shape index (κ2) is 21.9. The van der Waals surface area contributed by atoms with Gasteiger partial charge < -0.3 is 19.6 Å². The Bertz CT molecular complexity index is 3650. The van der Waals surface area contributed by atoms with Crippen LogP contribution in [0.2, 0.25) is 0 Å². The highest BCUT2D eigenvalue weighted by molar-refractivity contribution is 5.85. The van der Waals surface area contributed by atoms with Crippen LogP contribution in [0.1, 0.15) is 0 Å². The molecule has 4 heteroatoms. The molecular formula is C72H54N4. The summed E-state index contributed by atoms with van der Waals surface area (Å²) in [5.74, 6) is 0. The SMILES string of the molecule is c1ccc(-c2ccc(-c3ccc(N(c4ccc(-c5ccc(N(c6ccccc6)c6ccc(N(c7ccccc7)c7ccccc7)cc6)cc5)cc4)c4ccc(N(c5ccccc5)c5ccccc5)cc4)cc3)cc2)cc1. The first kappa shape index (κ1) is 46.9. The Morgan fingerprint density at radius 2 is 0.224 bits per heavy atom. The fourth-order valence-corrected chi connectivity index (χ4v) is 10.1. The number of para-hydroxylation sites is 5. The third-order valence-corrected chi connectivity index (χ3v) is 13.8. The summed E-state index contributed by atoms with van der Waals surface area (Å²) in [6.45, 7) is 0. The molecule has 0 atom stereocenters. The first-order valence-corrected chi connectivity index (χ1v) is 25.8. The van der Waals surface area contributed by atoms with Crippen molar-refractivity contribution >= 4 is 68.2 Å². The van der Waals surface area contributed by atoms with Crippen LogP contribution < -0.4 is 19.6 Å². The van der Waals surface area contributed by atoms with Gasteiger partial charge in [0.1, 0.15) is 0 Å². The van der Waals surface area contributed by atoms with Gasteiger partial charge in [-0.2, -0.15) is 0 Å². The molecule has 0 aliphatic carbocycles. The van der Waals surface area contributed by atoms with Gasteiger partial charge in [-0.15, -0.1) is 0 Å². The van der Waals surface area contributed by atoms with Crippen LogP contribution in [0.3, 0.4) is 0 Å². The monoisotopic (exact) mass is 974 g/mol. The quantitative estimate of drug-likeness (QED) is 0.101. The molecule has 0 heterocycles. The maximum atomic E-state index is 2.34. The molecule has 0 aromatic heterocycles.